The van der Waals surface area contributed by atoms with Crippen LogP contribution in [-0.2, 0) is 28.6 Å². The number of allylic oxidation sites excluding steroid dienone is 4. The van der Waals surface area contributed by atoms with Crippen LogP contribution in [0.5, 0.6) is 0 Å². The van der Waals surface area contributed by atoms with Gasteiger partial charge in [-0.25, -0.2) is 4.79 Å². The summed E-state index contributed by atoms with van der Waals surface area (Å²) in [6.07, 6.45) is 52.3. The summed E-state index contributed by atoms with van der Waals surface area (Å²) >= 11 is 0. The number of hydrogen-bond donors (Lipinski definition) is 1. The van der Waals surface area contributed by atoms with Crippen molar-refractivity contribution in [1.29, 1.82) is 0 Å². The Labute approximate surface area is 383 Å². The summed E-state index contributed by atoms with van der Waals surface area (Å²) in [7, 11) is 5.54. The number of carboxylic acids is 1. The number of esters is 2. The number of carboxylic acid groups (broad SMARTS) is 1. The fourth-order valence-electron chi connectivity index (χ4n) is 7.97. The van der Waals surface area contributed by atoms with E-state index < -0.39 is 18.1 Å². The second kappa shape index (κ2) is 45.4. The van der Waals surface area contributed by atoms with Crippen molar-refractivity contribution >= 4 is 17.9 Å². The third kappa shape index (κ3) is 43.1. The first-order valence-corrected chi connectivity index (χ1v) is 26.4. The lowest BCUT2D eigenvalue weighted by Gasteiger charge is -2.31. The molecule has 364 valence electrons. The van der Waals surface area contributed by atoms with Crippen molar-refractivity contribution in [2.75, 3.05) is 41.0 Å². The molecule has 62 heavy (non-hydrogen) atoms. The van der Waals surface area contributed by atoms with Gasteiger partial charge in [-0.05, 0) is 64.2 Å². The van der Waals surface area contributed by atoms with E-state index in [9.17, 15) is 19.5 Å². The number of nitrogens with zero attached hydrogens (tertiary/aromatic N) is 1. The minimum Gasteiger partial charge on any atom is -0.477 e. The quantitative estimate of drug-likeness (QED) is 0.0281. The molecule has 0 bridgehead atoms. The standard InChI is InChI=1S/C54H101NO7/c1-6-8-10-12-14-16-18-20-22-24-26-27-29-31-33-35-37-39-41-43-45-53(57)62-50(48-60-47-46-51(54(58)59)55(3,4)5)49-61-52(56)44-42-40-38-36-34-32-30-28-25-23-21-19-17-15-13-11-9-7-2/h26-28,30,50-51H,6-25,29,31-49H2,1-5H3/p+1/b27-26+,30-28+. The van der Waals surface area contributed by atoms with E-state index in [1.165, 1.54) is 173 Å². The van der Waals surface area contributed by atoms with E-state index in [0.717, 1.165) is 44.9 Å². The van der Waals surface area contributed by atoms with Gasteiger partial charge >= 0.3 is 17.9 Å². The molecule has 1 N–H and O–H groups in total. The Morgan fingerprint density at radius 2 is 0.806 bits per heavy atom. The average Bonchev–Trinajstić information content (AvgIpc) is 3.23. The first-order valence-electron chi connectivity index (χ1n) is 26.4. The van der Waals surface area contributed by atoms with Crippen LogP contribution in [0.2, 0.25) is 0 Å². The maximum Gasteiger partial charge on any atom is 0.362 e. The summed E-state index contributed by atoms with van der Waals surface area (Å²) in [5, 5.41) is 9.65. The number of carbonyl (C=O) groups is 3. The second-order valence-electron chi connectivity index (χ2n) is 19.1. The van der Waals surface area contributed by atoms with Crippen LogP contribution < -0.4 is 0 Å². The molecule has 0 rings (SSSR count). The van der Waals surface area contributed by atoms with Crippen molar-refractivity contribution in [3.05, 3.63) is 24.3 Å². The van der Waals surface area contributed by atoms with Gasteiger partial charge in [-0.3, -0.25) is 9.59 Å². The molecule has 8 heteroatoms. The molecule has 0 aliphatic carbocycles. The Bertz CT molecular complexity index is 1070. The highest BCUT2D eigenvalue weighted by Gasteiger charge is 2.31. The number of quaternary nitrogens is 1. The molecule has 0 saturated carbocycles. The summed E-state index contributed by atoms with van der Waals surface area (Å²) in [5.41, 5.74) is 0. The van der Waals surface area contributed by atoms with Gasteiger partial charge in [0.2, 0.25) is 0 Å². The van der Waals surface area contributed by atoms with Crippen molar-refractivity contribution in [2.45, 2.75) is 264 Å². The molecule has 0 aromatic heterocycles. The summed E-state index contributed by atoms with van der Waals surface area (Å²) in [6.45, 7) is 4.76. The van der Waals surface area contributed by atoms with Gasteiger partial charge in [0.05, 0.1) is 34.4 Å². The van der Waals surface area contributed by atoms with Gasteiger partial charge in [-0.1, -0.05) is 192 Å². The van der Waals surface area contributed by atoms with Crippen molar-refractivity contribution in [3.63, 3.8) is 0 Å². The smallest absolute Gasteiger partial charge is 0.362 e. The Kier molecular flexibility index (Phi) is 43.8. The lowest BCUT2D eigenvalue weighted by molar-refractivity contribution is -0.887. The molecule has 0 heterocycles. The molecule has 0 saturated heterocycles. The molecule has 0 aromatic rings. The maximum atomic E-state index is 12.8. The summed E-state index contributed by atoms with van der Waals surface area (Å²) < 4.78 is 17.4. The van der Waals surface area contributed by atoms with Crippen LogP contribution in [0.1, 0.15) is 251 Å². The number of aliphatic carboxylic acids is 1. The lowest BCUT2D eigenvalue weighted by Crippen LogP contribution is -2.50. The molecule has 0 aromatic carbocycles. The van der Waals surface area contributed by atoms with Crippen molar-refractivity contribution in [2.24, 2.45) is 0 Å². The van der Waals surface area contributed by atoms with Gasteiger partial charge in [-0.15, -0.1) is 0 Å². The SMILES string of the molecule is CCCCCCCCCCC/C=C/CCCCCCCCCC(=O)OC(COCCC(C(=O)O)[N+](C)(C)C)COC(=O)CCCCCCC/C=C/CCCCCCCCCCC. The van der Waals surface area contributed by atoms with Gasteiger partial charge in [-0.2, -0.15) is 0 Å². The van der Waals surface area contributed by atoms with Crippen LogP contribution in [0.25, 0.3) is 0 Å². The number of carbonyl (C=O) groups excluding carboxylic acids is 2. The van der Waals surface area contributed by atoms with Gasteiger partial charge in [0.15, 0.2) is 12.1 Å². The molecule has 0 aliphatic rings. The largest absolute Gasteiger partial charge is 0.477 e. The zero-order valence-electron chi connectivity index (χ0n) is 41.6. The highest BCUT2D eigenvalue weighted by Crippen LogP contribution is 2.16. The molecule has 0 radical (unpaired) electrons. The van der Waals surface area contributed by atoms with E-state index in [-0.39, 0.29) is 36.2 Å². The van der Waals surface area contributed by atoms with E-state index in [1.54, 1.807) is 0 Å². The molecule has 2 unspecified atom stereocenters. The summed E-state index contributed by atoms with van der Waals surface area (Å²) in [6, 6.07) is -0.615. The van der Waals surface area contributed by atoms with E-state index in [2.05, 4.69) is 38.2 Å². The predicted octanol–water partition coefficient (Wildman–Crippen LogP) is 15.2. The number of likely N-dealkylation sites (N-methyl/N-ethyl adjacent to an activating group) is 1. The van der Waals surface area contributed by atoms with E-state index in [4.69, 9.17) is 14.2 Å². The highest BCUT2D eigenvalue weighted by molar-refractivity contribution is 5.72. The van der Waals surface area contributed by atoms with Crippen molar-refractivity contribution < 1.29 is 38.2 Å². The summed E-state index contributed by atoms with van der Waals surface area (Å²) in [4.78, 5) is 37.2. The fraction of sp³-hybridized carbons (Fsp3) is 0.870. The number of ether oxygens (including phenoxy) is 3. The van der Waals surface area contributed by atoms with Gasteiger partial charge in [0.1, 0.15) is 6.61 Å². The van der Waals surface area contributed by atoms with Crippen LogP contribution >= 0.6 is 0 Å². The summed E-state index contributed by atoms with van der Waals surface area (Å²) in [5.74, 6) is -1.47. The molecular weight excluding hydrogens is 775 g/mol. The molecule has 0 spiro atoms. The monoisotopic (exact) mass is 877 g/mol. The Morgan fingerprint density at radius 3 is 1.16 bits per heavy atom. The first kappa shape index (κ1) is 59.8. The molecule has 2 atom stereocenters. The average molecular weight is 877 g/mol. The predicted molar refractivity (Wildman–Crippen MR) is 262 cm³/mol. The zero-order valence-corrected chi connectivity index (χ0v) is 41.6. The minimum absolute atomic E-state index is 0.0535. The third-order valence-corrected chi connectivity index (χ3v) is 12.1. The molecule has 8 nitrogen and oxygen atoms in total. The second-order valence-corrected chi connectivity index (χ2v) is 19.1. The van der Waals surface area contributed by atoms with Crippen LogP contribution in [0.15, 0.2) is 24.3 Å². The fourth-order valence-corrected chi connectivity index (χ4v) is 7.97. The molecule has 0 fully saturated rings. The Balaban J connectivity index is 4.23. The van der Waals surface area contributed by atoms with E-state index in [0.29, 0.717) is 19.3 Å². The molecular formula is C54H102NO7+. The lowest BCUT2D eigenvalue weighted by atomic mass is 10.1. The van der Waals surface area contributed by atoms with E-state index in [1.807, 2.05) is 21.1 Å². The van der Waals surface area contributed by atoms with Crippen molar-refractivity contribution in [3.8, 4) is 0 Å². The molecule has 0 aliphatic heterocycles. The Hall–Kier alpha value is -2.19. The number of unbranched alkanes of at least 4 members (excludes halogenated alkanes) is 30. The van der Waals surface area contributed by atoms with Crippen LogP contribution in [-0.4, -0.2) is 80.6 Å². The highest BCUT2D eigenvalue weighted by atomic mass is 16.6. The van der Waals surface area contributed by atoms with Crippen LogP contribution in [0, 0.1) is 0 Å². The van der Waals surface area contributed by atoms with Gasteiger partial charge in [0.25, 0.3) is 0 Å². The zero-order chi connectivity index (χ0) is 45.6. The minimum atomic E-state index is -0.874. The topological polar surface area (TPSA) is 99.1 Å². The number of rotatable bonds is 48. The number of hydrogen-bond acceptors (Lipinski definition) is 6. The van der Waals surface area contributed by atoms with E-state index >= 15 is 0 Å². The van der Waals surface area contributed by atoms with Crippen LogP contribution in [0.4, 0.5) is 0 Å². The van der Waals surface area contributed by atoms with Gasteiger partial charge < -0.3 is 23.8 Å². The van der Waals surface area contributed by atoms with Gasteiger partial charge in [0, 0.05) is 19.3 Å². The third-order valence-electron chi connectivity index (χ3n) is 12.1. The molecule has 0 amide bonds. The van der Waals surface area contributed by atoms with Crippen LogP contribution in [0.3, 0.4) is 0 Å². The van der Waals surface area contributed by atoms with Crippen molar-refractivity contribution in [1.82, 2.24) is 0 Å². The first-order chi connectivity index (χ1) is 30.1. The maximum absolute atomic E-state index is 12.8. The normalized spacial score (nSPS) is 13.0. The Morgan fingerprint density at radius 1 is 0.468 bits per heavy atom.